The van der Waals surface area contributed by atoms with Gasteiger partial charge >= 0.3 is 0 Å². The topological polar surface area (TPSA) is 15.3 Å². The summed E-state index contributed by atoms with van der Waals surface area (Å²) < 4.78 is 0. The molecular weight excluding hydrogens is 220 g/mol. The molecule has 2 aliphatic rings. The molecule has 1 saturated carbocycles. The largest absolute Gasteiger partial charge is 0.314 e. The second kappa shape index (κ2) is 5.92. The second-order valence-electron chi connectivity index (χ2n) is 7.42. The van der Waals surface area contributed by atoms with E-state index in [2.05, 4.69) is 37.9 Å². The molecule has 1 aliphatic carbocycles. The molecule has 2 nitrogen and oxygen atoms in total. The molecule has 0 radical (unpaired) electrons. The van der Waals surface area contributed by atoms with Crippen LogP contribution in [-0.4, -0.2) is 36.6 Å². The number of nitrogens with one attached hydrogen (secondary N) is 1. The number of nitrogens with zero attached hydrogens (tertiary/aromatic N) is 1. The van der Waals surface area contributed by atoms with E-state index in [0.717, 1.165) is 18.0 Å². The highest BCUT2D eigenvalue weighted by molar-refractivity contribution is 4.91. The first-order chi connectivity index (χ1) is 8.52. The summed E-state index contributed by atoms with van der Waals surface area (Å²) in [5.41, 5.74) is 0.512. The van der Waals surface area contributed by atoms with Gasteiger partial charge in [-0.1, -0.05) is 27.7 Å². The van der Waals surface area contributed by atoms with Crippen molar-refractivity contribution in [1.82, 2.24) is 10.2 Å². The lowest BCUT2D eigenvalue weighted by Gasteiger charge is -2.46. The zero-order chi connectivity index (χ0) is 13.2. The van der Waals surface area contributed by atoms with Crippen molar-refractivity contribution >= 4 is 0 Å². The van der Waals surface area contributed by atoms with Crippen LogP contribution in [0.25, 0.3) is 0 Å². The Morgan fingerprint density at radius 3 is 2.00 bits per heavy atom. The Hall–Kier alpha value is -0.0800. The van der Waals surface area contributed by atoms with E-state index in [1.807, 2.05) is 0 Å². The Morgan fingerprint density at radius 2 is 1.61 bits per heavy atom. The second-order valence-corrected chi connectivity index (χ2v) is 7.42. The van der Waals surface area contributed by atoms with Crippen LogP contribution < -0.4 is 5.32 Å². The molecule has 0 amide bonds. The maximum absolute atomic E-state index is 3.43. The molecule has 18 heavy (non-hydrogen) atoms. The van der Waals surface area contributed by atoms with Crippen molar-refractivity contribution < 1.29 is 0 Å². The molecular formula is C16H32N2. The predicted octanol–water partition coefficient (Wildman–Crippen LogP) is 3.28. The number of hydrogen-bond donors (Lipinski definition) is 1. The van der Waals surface area contributed by atoms with E-state index in [1.54, 1.807) is 0 Å². The Labute approximate surface area is 114 Å². The SMILES string of the molecule is CCCN(C1CCC(C(C)(C)C)CC1)C1CNC1. The Balaban J connectivity index is 1.86. The van der Waals surface area contributed by atoms with Crippen LogP contribution in [0.2, 0.25) is 0 Å². The highest BCUT2D eigenvalue weighted by Crippen LogP contribution is 2.39. The lowest BCUT2D eigenvalue weighted by molar-refractivity contribution is 0.0465. The van der Waals surface area contributed by atoms with Crippen LogP contribution >= 0.6 is 0 Å². The molecule has 1 saturated heterocycles. The predicted molar refractivity (Wildman–Crippen MR) is 78.9 cm³/mol. The van der Waals surface area contributed by atoms with Gasteiger partial charge in [0, 0.05) is 25.2 Å². The lowest BCUT2D eigenvalue weighted by atomic mass is 9.71. The molecule has 106 valence electrons. The fourth-order valence-corrected chi connectivity index (χ4v) is 3.70. The van der Waals surface area contributed by atoms with Gasteiger partial charge in [-0.05, 0) is 50.0 Å². The Morgan fingerprint density at radius 1 is 1.00 bits per heavy atom. The standard InChI is InChI=1S/C16H32N2/c1-5-10-18(15-11-17-12-15)14-8-6-13(7-9-14)16(2,3)4/h13-15,17H,5-12H2,1-4H3. The molecule has 1 N–H and O–H groups in total. The fraction of sp³-hybridized carbons (Fsp3) is 1.00. The number of hydrogen-bond acceptors (Lipinski definition) is 2. The van der Waals surface area contributed by atoms with Gasteiger partial charge in [0.1, 0.15) is 0 Å². The summed E-state index contributed by atoms with van der Waals surface area (Å²) in [6.07, 6.45) is 7.04. The first-order valence-corrected chi connectivity index (χ1v) is 7.99. The minimum atomic E-state index is 0.512. The average molecular weight is 252 g/mol. The van der Waals surface area contributed by atoms with Crippen LogP contribution in [0.3, 0.4) is 0 Å². The summed E-state index contributed by atoms with van der Waals surface area (Å²) in [5, 5.41) is 3.43. The molecule has 0 bridgehead atoms. The first kappa shape index (κ1) is 14.3. The molecule has 0 aromatic rings. The van der Waals surface area contributed by atoms with Gasteiger partial charge in [-0.15, -0.1) is 0 Å². The third-order valence-corrected chi connectivity index (χ3v) is 5.10. The van der Waals surface area contributed by atoms with Gasteiger partial charge in [-0.25, -0.2) is 0 Å². The van der Waals surface area contributed by atoms with Gasteiger partial charge in [0.15, 0.2) is 0 Å². The first-order valence-electron chi connectivity index (χ1n) is 7.99. The summed E-state index contributed by atoms with van der Waals surface area (Å²) in [6.45, 7) is 13.3. The van der Waals surface area contributed by atoms with E-state index in [4.69, 9.17) is 0 Å². The van der Waals surface area contributed by atoms with E-state index in [-0.39, 0.29) is 0 Å². The normalized spacial score (nSPS) is 30.5. The highest BCUT2D eigenvalue weighted by Gasteiger charge is 2.35. The van der Waals surface area contributed by atoms with Gasteiger partial charge in [0.25, 0.3) is 0 Å². The summed E-state index contributed by atoms with van der Waals surface area (Å²) in [6, 6.07) is 1.71. The van der Waals surface area contributed by atoms with Crippen molar-refractivity contribution in [2.75, 3.05) is 19.6 Å². The van der Waals surface area contributed by atoms with Gasteiger partial charge in [-0.3, -0.25) is 4.90 Å². The minimum Gasteiger partial charge on any atom is -0.314 e. The zero-order valence-electron chi connectivity index (χ0n) is 12.8. The van der Waals surface area contributed by atoms with E-state index in [0.29, 0.717) is 5.41 Å². The molecule has 0 aromatic heterocycles. The van der Waals surface area contributed by atoms with Gasteiger partial charge < -0.3 is 5.32 Å². The van der Waals surface area contributed by atoms with E-state index in [1.165, 1.54) is 51.7 Å². The molecule has 1 aliphatic heterocycles. The summed E-state index contributed by atoms with van der Waals surface area (Å²) in [7, 11) is 0. The van der Waals surface area contributed by atoms with E-state index in [9.17, 15) is 0 Å². The fourth-order valence-electron chi connectivity index (χ4n) is 3.70. The molecule has 0 unspecified atom stereocenters. The Bertz CT molecular complexity index is 244. The molecule has 0 atom stereocenters. The third kappa shape index (κ3) is 3.27. The van der Waals surface area contributed by atoms with Crippen molar-refractivity contribution in [3.05, 3.63) is 0 Å². The third-order valence-electron chi connectivity index (χ3n) is 5.10. The highest BCUT2D eigenvalue weighted by atomic mass is 15.3. The molecule has 2 heteroatoms. The maximum atomic E-state index is 3.43. The van der Waals surface area contributed by atoms with Crippen LogP contribution in [0.4, 0.5) is 0 Å². The zero-order valence-corrected chi connectivity index (χ0v) is 12.8. The smallest absolute Gasteiger partial charge is 0.0348 e. The van der Waals surface area contributed by atoms with Crippen LogP contribution in [0.5, 0.6) is 0 Å². The quantitative estimate of drug-likeness (QED) is 0.826. The van der Waals surface area contributed by atoms with Crippen molar-refractivity contribution in [3.63, 3.8) is 0 Å². The average Bonchev–Trinajstić information content (AvgIpc) is 2.25. The summed E-state index contributed by atoms with van der Waals surface area (Å²) in [4.78, 5) is 2.81. The van der Waals surface area contributed by atoms with Crippen LogP contribution in [0.15, 0.2) is 0 Å². The van der Waals surface area contributed by atoms with Crippen LogP contribution in [0.1, 0.15) is 59.8 Å². The lowest BCUT2D eigenvalue weighted by Crippen LogP contribution is -2.60. The van der Waals surface area contributed by atoms with Crippen molar-refractivity contribution in [2.24, 2.45) is 11.3 Å². The number of rotatable bonds is 4. The molecule has 0 aromatic carbocycles. The molecule has 0 spiro atoms. The molecule has 2 rings (SSSR count). The van der Waals surface area contributed by atoms with Crippen molar-refractivity contribution in [2.45, 2.75) is 71.9 Å². The monoisotopic (exact) mass is 252 g/mol. The minimum absolute atomic E-state index is 0.512. The van der Waals surface area contributed by atoms with E-state index >= 15 is 0 Å². The van der Waals surface area contributed by atoms with Crippen molar-refractivity contribution in [3.8, 4) is 0 Å². The van der Waals surface area contributed by atoms with Gasteiger partial charge in [0.05, 0.1) is 0 Å². The maximum Gasteiger partial charge on any atom is 0.0348 e. The molecule has 2 fully saturated rings. The molecule has 1 heterocycles. The Kier molecular flexibility index (Phi) is 4.71. The van der Waals surface area contributed by atoms with Gasteiger partial charge in [-0.2, -0.15) is 0 Å². The van der Waals surface area contributed by atoms with Crippen LogP contribution in [-0.2, 0) is 0 Å². The summed E-state index contributed by atoms with van der Waals surface area (Å²) >= 11 is 0. The van der Waals surface area contributed by atoms with Crippen molar-refractivity contribution in [1.29, 1.82) is 0 Å². The van der Waals surface area contributed by atoms with E-state index < -0.39 is 0 Å². The summed E-state index contributed by atoms with van der Waals surface area (Å²) in [5.74, 6) is 0.941. The van der Waals surface area contributed by atoms with Gasteiger partial charge in [0.2, 0.25) is 0 Å². The van der Waals surface area contributed by atoms with Crippen LogP contribution in [0, 0.1) is 11.3 Å².